The summed E-state index contributed by atoms with van der Waals surface area (Å²) >= 11 is 0. The number of nitrogens with two attached hydrogens (primary N) is 3. The monoisotopic (exact) mass is 2110 g/mol. The molecule has 1 aromatic rings. The number of primary amides is 1. The minimum Gasteiger partial charge on any atom is -0.481 e. The Morgan fingerprint density at radius 1 is 0.470 bits per heavy atom. The molecule has 14 amide bonds. The van der Waals surface area contributed by atoms with Crippen LogP contribution in [0.25, 0.3) is 0 Å². The lowest BCUT2D eigenvalue weighted by molar-refractivity contribution is -0.141. The zero-order chi connectivity index (χ0) is 113. The highest BCUT2D eigenvalue weighted by Crippen LogP contribution is 2.21. The van der Waals surface area contributed by atoms with Gasteiger partial charge in [-0.2, -0.15) is 0 Å². The fraction of sp³-hybridized carbons (Fsp3) is 0.633. The number of aromatic nitrogens is 2. The molecule has 830 valence electrons. The largest absolute Gasteiger partial charge is 0.481 e. The molecule has 35 N–H and O–H groups in total. The number of ketones is 1. The topological polar surface area (TPSA) is 919 Å². The summed E-state index contributed by atoms with van der Waals surface area (Å²) in [5.41, 5.74) is 10.3. The third-order valence-electron chi connectivity index (χ3n) is 22.9. The quantitative estimate of drug-likeness (QED) is 0.00719. The van der Waals surface area contributed by atoms with Crippen LogP contribution in [-0.4, -0.2) is 336 Å². The zero-order valence-corrected chi connectivity index (χ0v) is 85.6. The van der Waals surface area contributed by atoms with E-state index in [1.807, 2.05) is 0 Å². The van der Waals surface area contributed by atoms with Crippen LogP contribution in [0.3, 0.4) is 0 Å². The van der Waals surface area contributed by atoms with E-state index in [0.29, 0.717) is 25.1 Å². The van der Waals surface area contributed by atoms with Crippen LogP contribution in [0.1, 0.15) is 193 Å². The van der Waals surface area contributed by atoms with E-state index in [1.165, 1.54) is 47.1 Å². The number of aliphatic carboxylic acids is 1. The van der Waals surface area contributed by atoms with Crippen molar-refractivity contribution in [2.75, 3.05) is 13.1 Å². The molecular weight excluding hydrogens is 1960 g/mol. The van der Waals surface area contributed by atoms with Crippen molar-refractivity contribution in [3.63, 3.8) is 0 Å². The number of aldehydes is 10. The number of nitrogens with zero attached hydrogens (tertiary/aromatic N) is 1. The molecule has 0 aliphatic carbocycles. The highest BCUT2D eigenvalue weighted by molar-refractivity contribution is 6.02. The smallest absolute Gasteiger partial charge is 0.305 e. The zero-order valence-electron chi connectivity index (χ0n) is 85.6. The van der Waals surface area contributed by atoms with Crippen LogP contribution in [0.2, 0.25) is 0 Å². The molecule has 1 aliphatic rings. The van der Waals surface area contributed by atoms with Gasteiger partial charge in [-0.25, -0.2) is 4.98 Å². The van der Waals surface area contributed by atoms with E-state index >= 15 is 33.6 Å². The average Bonchev–Trinajstić information content (AvgIpc) is 1.16. The van der Waals surface area contributed by atoms with E-state index in [0.717, 1.165) is 27.7 Å². The Balaban J connectivity index is 3.17. The Bertz CT molecular complexity index is 4780. The normalized spacial score (nSPS) is 20.3. The van der Waals surface area contributed by atoms with E-state index in [4.69, 9.17) is 28.0 Å². The van der Waals surface area contributed by atoms with Crippen LogP contribution < -0.4 is 150 Å². The van der Waals surface area contributed by atoms with Crippen molar-refractivity contribution in [2.45, 2.75) is 332 Å². The van der Waals surface area contributed by atoms with Gasteiger partial charge < -0.3 is 155 Å². The second-order valence-corrected chi connectivity index (χ2v) is 37.2. The average molecular weight is 2110 g/mol. The van der Waals surface area contributed by atoms with Crippen LogP contribution >= 0.6 is 0 Å². The molecule has 2 heterocycles. The highest BCUT2D eigenvalue weighted by Gasteiger charge is 2.46. The third kappa shape index (κ3) is 48.4. The molecule has 0 unspecified atom stereocenters. The van der Waals surface area contributed by atoms with Crippen molar-refractivity contribution < 1.29 is 130 Å². The van der Waals surface area contributed by atoms with Crippen LogP contribution in [0, 0.1) is 28.6 Å². The standard InChI is InChI=1S/C90H148N32O27/c1-15-48(6)61(44-132)110-70(116-78(142)69(107-58(41-129)32-62(91)135)113-75(139)65(102-52(10)134)103-53(37-125)24-22-28-97-86(92)93)80(144)111-64(100-49(7)35-123)74(138)112-66(104-54(38-126)25-23-29-98-87(94)95)76(140)115-68(106-57(40-128)31-55-34-96-45-99-55)77(141)114-67(105-56(39-127)30-46(2)3)79(143)117-71(101-50(8)36-124)82(146)122-90(14)27-21-19-17-16-18-20-26-89(13,51(9)133)121-83(147)72(108-59(42-130)33-63(136)137)118-84(148)88(11,12)120-81(145)73(119-85(90)149)109-60(43-131)47(4)5/h16-17,34-50,53-54,56-61,64-73,100-101,103-110H,15,18-33H2,1-14H3,(H2,91,135)(H,96,99)(H,102,134)(H,111,144)(H,112,138)(H,113,139)(H,114,141)(H,115,140)(H,116,142)(H,117,143)(H,118,148)(H,119,149)(H,120,145)(H,121,147)(H,122,146)(H,136,137)(H4,92,93,97)(H4,94,95,98)/b17-16-/t48-,49+,50+,53-,54-,56-,57-,58-,59-,60+,61+,64-,65-,66+,67+,68-,69-,70+,71-,72-,73-,89+,90+/m1/s1. The number of hydrogen-bond donors (Lipinski definition) is 32. The number of carboxylic acid groups (broad SMARTS) is 1. The van der Waals surface area contributed by atoms with Crippen molar-refractivity contribution in [2.24, 2.45) is 35.0 Å². The predicted octanol–water partition coefficient (Wildman–Crippen LogP) is -12.2. The number of Topliss-reactive ketones (excluding diaryl/α,β-unsaturated/α-hetero) is 1. The maximum Gasteiger partial charge on any atom is 0.305 e. The second kappa shape index (κ2) is 66.7. The number of guanidine groups is 2. The van der Waals surface area contributed by atoms with E-state index in [9.17, 15) is 96.2 Å². The van der Waals surface area contributed by atoms with E-state index in [-0.39, 0.29) is 134 Å². The number of carbonyl (C=O) groups is 26. The van der Waals surface area contributed by atoms with Gasteiger partial charge in [0.25, 0.3) is 59.1 Å². The molecule has 2 rings (SSSR count). The second-order valence-electron chi connectivity index (χ2n) is 37.2. The molecule has 149 heavy (non-hydrogen) atoms. The molecule has 0 radical (unpaired) electrons. The Morgan fingerprint density at radius 3 is 1.25 bits per heavy atom. The Kier molecular flexibility index (Phi) is 58.4. The van der Waals surface area contributed by atoms with Crippen LogP contribution in [0.5, 0.6) is 0 Å². The number of H-pyrrole nitrogens is 1. The summed E-state index contributed by atoms with van der Waals surface area (Å²) < 4.78 is 0. The number of hydrogen-bond acceptors (Lipinski definition) is 39. The van der Waals surface area contributed by atoms with Gasteiger partial charge in [-0.05, 0) is 137 Å². The molecular formula is C90H148N32O27. The van der Waals surface area contributed by atoms with Crippen LogP contribution in [-0.2, 0) is 131 Å². The Hall–Kier alpha value is -14.5. The Morgan fingerprint density at radius 2 is 0.866 bits per heavy atom. The summed E-state index contributed by atoms with van der Waals surface area (Å²) in [5, 5.41) is 86.0. The van der Waals surface area contributed by atoms with Gasteiger partial charge in [0.2, 0.25) is 23.6 Å². The molecule has 1 aliphatic heterocycles. The molecule has 0 saturated heterocycles. The van der Waals surface area contributed by atoms with Crippen LogP contribution in [0.4, 0.5) is 0 Å². The number of rotatable bonds is 67. The summed E-state index contributed by atoms with van der Waals surface area (Å²) in [6, 6.07) is -14.9. The summed E-state index contributed by atoms with van der Waals surface area (Å²) in [4.78, 5) is 365. The van der Waals surface area contributed by atoms with Crippen molar-refractivity contribution in [3.8, 4) is 0 Å². The molecule has 59 nitrogen and oxygen atoms in total. The van der Waals surface area contributed by atoms with Gasteiger partial charge in [0, 0.05) is 44.7 Å². The minimum absolute atomic E-state index is 0.0251. The first-order valence-corrected chi connectivity index (χ1v) is 48.0. The summed E-state index contributed by atoms with van der Waals surface area (Å²) in [5.74, 6) is -23.6. The SMILES string of the molecule is CC[C@@H](C)[C@H](C=O)N[C@@H](NC(=O)[C@@H](NC(=O)[C@H](NC(C)=O)N[C@@H](C=O)CCCNC(=N)N)N[C@@H](C=O)CC(N)=O)C(=O)N[C@@H](N[C@@H](C)C=O)C(=O)N[C@H](N[C@@H](C=O)CCCNC(=N)N)C(=O)N[C@@H](N[C@@H](C=O)Cc1cnc[nH]1)C(=O)N[C@H](N[C@@H](C=O)CC(C)C)C(=O)N[C@@H](N[C@@H](C)C=O)C(=O)N[C@@]1(C)CCC/C=C\CCC[C@@](C)(C(C)=O)NC(=O)[C@H](N[C@@H](C=O)CC(=O)O)NC(=O)C(C)(C)NC(=O)[C@H](N[C@@H](C=O)C(C)C)NC1=O. The molecule has 0 fully saturated rings. The first-order valence-electron chi connectivity index (χ1n) is 48.0. The van der Waals surface area contributed by atoms with Gasteiger partial charge in [-0.15, -0.1) is 0 Å². The summed E-state index contributed by atoms with van der Waals surface area (Å²) in [7, 11) is 0. The van der Waals surface area contributed by atoms with E-state index in [1.54, 1.807) is 46.8 Å². The van der Waals surface area contributed by atoms with Gasteiger partial charge in [-0.3, -0.25) is 141 Å². The minimum atomic E-state index is -2.42. The van der Waals surface area contributed by atoms with Gasteiger partial charge >= 0.3 is 5.97 Å². The molecule has 0 spiro atoms. The number of imidazole rings is 1. The molecule has 0 saturated carbocycles. The molecule has 0 aromatic carbocycles. The fourth-order valence-electron chi connectivity index (χ4n) is 14.2. The number of nitrogens with one attached hydrogen (secondary N) is 28. The Labute approximate surface area is 859 Å². The van der Waals surface area contributed by atoms with Crippen molar-refractivity contribution in [1.82, 2.24) is 143 Å². The molecule has 59 heteroatoms. The van der Waals surface area contributed by atoms with Crippen molar-refractivity contribution in [1.29, 1.82) is 10.8 Å². The van der Waals surface area contributed by atoms with Gasteiger partial charge in [0.1, 0.15) is 73.9 Å². The lowest BCUT2D eigenvalue weighted by Gasteiger charge is -2.36. The summed E-state index contributed by atoms with van der Waals surface area (Å²) in [6.07, 6.45) is -16.3. The van der Waals surface area contributed by atoms with Gasteiger partial charge in [0.15, 0.2) is 79.4 Å². The van der Waals surface area contributed by atoms with E-state index in [2.05, 4.69) is 143 Å². The predicted molar refractivity (Wildman–Crippen MR) is 529 cm³/mol. The lowest BCUT2D eigenvalue weighted by atomic mass is 9.90. The number of carboxylic acids is 1. The molecule has 23 atom stereocenters. The number of amides is 14. The van der Waals surface area contributed by atoms with Gasteiger partial charge in [0.05, 0.1) is 78.7 Å². The number of carbonyl (C=O) groups excluding carboxylic acids is 25. The lowest BCUT2D eigenvalue weighted by Crippen LogP contribution is -2.71. The summed E-state index contributed by atoms with van der Waals surface area (Å²) in [6.45, 7) is 18.8. The van der Waals surface area contributed by atoms with Crippen molar-refractivity contribution in [3.05, 3.63) is 30.4 Å². The first-order chi connectivity index (χ1) is 70.1. The van der Waals surface area contributed by atoms with Gasteiger partial charge in [-0.1, -0.05) is 60.1 Å². The van der Waals surface area contributed by atoms with Crippen LogP contribution in [0.15, 0.2) is 24.7 Å². The molecule has 0 bridgehead atoms. The van der Waals surface area contributed by atoms with Crippen molar-refractivity contribution >= 4 is 169 Å². The number of aromatic amines is 1. The number of allylic oxidation sites excluding steroid dienone is 2. The maximum atomic E-state index is 15.6. The molecule has 1 aromatic heterocycles. The highest BCUT2D eigenvalue weighted by atomic mass is 16.4. The first kappa shape index (κ1) is 131. The third-order valence-corrected chi connectivity index (χ3v) is 22.9. The van der Waals surface area contributed by atoms with E-state index < -0.39 is 282 Å². The maximum absolute atomic E-state index is 15.6. The fourth-order valence-corrected chi connectivity index (χ4v) is 14.2.